The second-order valence-corrected chi connectivity index (χ2v) is 4.96. The summed E-state index contributed by atoms with van der Waals surface area (Å²) in [7, 11) is 1.62. The van der Waals surface area contributed by atoms with E-state index in [9.17, 15) is 4.79 Å². The van der Waals surface area contributed by atoms with Crippen LogP contribution in [0.2, 0.25) is 0 Å². The number of benzene rings is 1. The molecule has 0 radical (unpaired) electrons. The van der Waals surface area contributed by atoms with Crippen LogP contribution < -0.4 is 10.1 Å². The molecule has 3 rings (SSSR count). The van der Waals surface area contributed by atoms with Gasteiger partial charge in [0.05, 0.1) is 12.9 Å². The molecule has 124 valence electrons. The Morgan fingerprint density at radius 3 is 2.79 bits per heavy atom. The molecule has 0 atom stereocenters. The highest BCUT2D eigenvalue weighted by Gasteiger charge is 2.13. The van der Waals surface area contributed by atoms with Crippen molar-refractivity contribution in [1.82, 2.24) is 10.2 Å². The van der Waals surface area contributed by atoms with E-state index in [1.165, 1.54) is 0 Å². The lowest BCUT2D eigenvalue weighted by atomic mass is 10.2. The van der Waals surface area contributed by atoms with E-state index in [2.05, 4.69) is 15.5 Å². The molecule has 24 heavy (non-hydrogen) atoms. The van der Waals surface area contributed by atoms with Crippen molar-refractivity contribution >= 4 is 11.6 Å². The van der Waals surface area contributed by atoms with Crippen LogP contribution >= 0.6 is 0 Å². The van der Waals surface area contributed by atoms with Gasteiger partial charge in [0.2, 0.25) is 0 Å². The Bertz CT molecular complexity index is 779. The van der Waals surface area contributed by atoms with Crippen LogP contribution in [0.3, 0.4) is 0 Å². The van der Waals surface area contributed by atoms with Gasteiger partial charge in [-0.2, -0.15) is 5.10 Å². The first kappa shape index (κ1) is 15.8. The summed E-state index contributed by atoms with van der Waals surface area (Å²) in [6.07, 6.45) is 1.56. The molecular formula is C17H17N3O4. The molecule has 0 spiro atoms. The van der Waals surface area contributed by atoms with Crippen LogP contribution in [0.5, 0.6) is 5.75 Å². The first-order chi connectivity index (χ1) is 11.8. The smallest absolute Gasteiger partial charge is 0.276 e. The summed E-state index contributed by atoms with van der Waals surface area (Å²) in [5.74, 6) is 1.03. The van der Waals surface area contributed by atoms with Gasteiger partial charge in [-0.1, -0.05) is 0 Å². The van der Waals surface area contributed by atoms with Crippen LogP contribution in [0.4, 0.5) is 5.69 Å². The molecule has 2 heterocycles. The molecule has 1 amide bonds. The molecule has 0 saturated heterocycles. The zero-order chi connectivity index (χ0) is 16.8. The maximum absolute atomic E-state index is 12.2. The molecular weight excluding hydrogens is 310 g/mol. The third kappa shape index (κ3) is 3.82. The van der Waals surface area contributed by atoms with Crippen molar-refractivity contribution in [3.05, 3.63) is 54.4 Å². The fourth-order valence-electron chi connectivity index (χ4n) is 2.07. The number of carbonyl (C=O) groups excluding carboxylic acids is 1. The number of hydrogen-bond donors (Lipinski definition) is 2. The van der Waals surface area contributed by atoms with E-state index in [0.717, 1.165) is 0 Å². The fourth-order valence-corrected chi connectivity index (χ4v) is 2.07. The van der Waals surface area contributed by atoms with Crippen LogP contribution in [0.1, 0.15) is 10.5 Å². The number of ether oxygens (including phenoxy) is 2. The van der Waals surface area contributed by atoms with Gasteiger partial charge in [0.15, 0.2) is 11.5 Å². The van der Waals surface area contributed by atoms with Crippen molar-refractivity contribution in [2.45, 2.75) is 0 Å². The summed E-state index contributed by atoms with van der Waals surface area (Å²) < 4.78 is 15.6. The van der Waals surface area contributed by atoms with Crippen molar-refractivity contribution in [1.29, 1.82) is 0 Å². The number of furan rings is 1. The minimum Gasteiger partial charge on any atom is -0.491 e. The van der Waals surface area contributed by atoms with Gasteiger partial charge in [0.25, 0.3) is 5.91 Å². The minimum absolute atomic E-state index is 0.279. The lowest BCUT2D eigenvalue weighted by Gasteiger charge is -2.07. The van der Waals surface area contributed by atoms with Crippen molar-refractivity contribution < 1.29 is 18.7 Å². The van der Waals surface area contributed by atoms with Crippen molar-refractivity contribution in [3.63, 3.8) is 0 Å². The van der Waals surface area contributed by atoms with Crippen LogP contribution in [0.15, 0.2) is 53.1 Å². The summed E-state index contributed by atoms with van der Waals surface area (Å²) in [4.78, 5) is 12.2. The Kier molecular flexibility index (Phi) is 4.93. The predicted octanol–water partition coefficient (Wildman–Crippen LogP) is 2.95. The van der Waals surface area contributed by atoms with Gasteiger partial charge in [-0.25, -0.2) is 0 Å². The van der Waals surface area contributed by atoms with Crippen molar-refractivity contribution in [2.24, 2.45) is 0 Å². The van der Waals surface area contributed by atoms with E-state index >= 15 is 0 Å². The standard InChI is InChI=1S/C17H17N3O4/c1-22-9-10-23-13-6-4-12(5-7-13)18-17(21)15-11-14(19-20-15)16-3-2-8-24-16/h2-8,11H,9-10H2,1H3,(H,18,21)(H,19,20). The Balaban J connectivity index is 1.60. The quantitative estimate of drug-likeness (QED) is 0.651. The number of anilines is 1. The normalized spacial score (nSPS) is 10.5. The largest absolute Gasteiger partial charge is 0.491 e. The van der Waals surface area contributed by atoms with Crippen molar-refractivity contribution in [2.75, 3.05) is 25.6 Å². The second-order valence-electron chi connectivity index (χ2n) is 4.96. The monoisotopic (exact) mass is 327 g/mol. The molecule has 0 aliphatic heterocycles. The van der Waals surface area contributed by atoms with Crippen LogP contribution in [0.25, 0.3) is 11.5 Å². The number of nitrogens with zero attached hydrogens (tertiary/aromatic N) is 1. The topological polar surface area (TPSA) is 89.4 Å². The summed E-state index contributed by atoms with van der Waals surface area (Å²) in [5, 5.41) is 9.56. The average Bonchev–Trinajstić information content (AvgIpc) is 3.28. The highest BCUT2D eigenvalue weighted by Crippen LogP contribution is 2.19. The molecule has 0 aliphatic carbocycles. The fraction of sp³-hybridized carbons (Fsp3) is 0.176. The van der Waals surface area contributed by atoms with Gasteiger partial charge in [-0.05, 0) is 36.4 Å². The zero-order valence-corrected chi connectivity index (χ0v) is 13.1. The molecule has 0 unspecified atom stereocenters. The highest BCUT2D eigenvalue weighted by atomic mass is 16.5. The van der Waals surface area contributed by atoms with E-state index in [4.69, 9.17) is 13.9 Å². The molecule has 1 aromatic carbocycles. The molecule has 7 heteroatoms. The van der Waals surface area contributed by atoms with E-state index in [1.54, 1.807) is 55.8 Å². The first-order valence-corrected chi connectivity index (χ1v) is 7.38. The molecule has 2 N–H and O–H groups in total. The minimum atomic E-state index is -0.308. The number of rotatable bonds is 7. The second kappa shape index (κ2) is 7.47. The van der Waals surface area contributed by atoms with Gasteiger partial charge < -0.3 is 19.2 Å². The molecule has 0 aliphatic rings. The van der Waals surface area contributed by atoms with Gasteiger partial charge in [-0.15, -0.1) is 0 Å². The van der Waals surface area contributed by atoms with Crippen LogP contribution in [-0.4, -0.2) is 36.4 Å². The number of H-pyrrole nitrogens is 1. The Morgan fingerprint density at radius 2 is 2.08 bits per heavy atom. The average molecular weight is 327 g/mol. The SMILES string of the molecule is COCCOc1ccc(NC(=O)c2cc(-c3ccco3)[nH]n2)cc1. The number of amides is 1. The summed E-state index contributed by atoms with van der Waals surface area (Å²) in [5.41, 5.74) is 1.58. The maximum atomic E-state index is 12.2. The lowest BCUT2D eigenvalue weighted by molar-refractivity contribution is 0.102. The number of nitrogens with one attached hydrogen (secondary N) is 2. The number of hydrogen-bond acceptors (Lipinski definition) is 5. The summed E-state index contributed by atoms with van der Waals surface area (Å²) in [6, 6.07) is 12.3. The molecule has 7 nitrogen and oxygen atoms in total. The van der Waals surface area contributed by atoms with E-state index < -0.39 is 0 Å². The first-order valence-electron chi connectivity index (χ1n) is 7.38. The third-order valence-electron chi connectivity index (χ3n) is 3.27. The van der Waals surface area contributed by atoms with Crippen LogP contribution in [-0.2, 0) is 4.74 Å². The van der Waals surface area contributed by atoms with E-state index in [-0.39, 0.29) is 11.6 Å². The lowest BCUT2D eigenvalue weighted by Crippen LogP contribution is -2.12. The van der Waals surface area contributed by atoms with Gasteiger partial charge >= 0.3 is 0 Å². The highest BCUT2D eigenvalue weighted by molar-refractivity contribution is 6.03. The molecule has 0 saturated carbocycles. The van der Waals surface area contributed by atoms with E-state index in [0.29, 0.717) is 36.1 Å². The maximum Gasteiger partial charge on any atom is 0.276 e. The summed E-state index contributed by atoms with van der Waals surface area (Å²) in [6.45, 7) is 1.00. The molecule has 3 aromatic rings. The number of aromatic amines is 1. The summed E-state index contributed by atoms with van der Waals surface area (Å²) >= 11 is 0. The Hall–Kier alpha value is -3.06. The molecule has 0 fully saturated rings. The molecule has 0 bridgehead atoms. The van der Waals surface area contributed by atoms with Gasteiger partial charge in [0, 0.05) is 18.9 Å². The number of aromatic nitrogens is 2. The van der Waals surface area contributed by atoms with E-state index in [1.807, 2.05) is 0 Å². The third-order valence-corrected chi connectivity index (χ3v) is 3.27. The number of carbonyl (C=O) groups is 1. The predicted molar refractivity (Wildman–Crippen MR) is 88.1 cm³/mol. The van der Waals surface area contributed by atoms with Crippen LogP contribution in [0, 0.1) is 0 Å². The zero-order valence-electron chi connectivity index (χ0n) is 13.1. The van der Waals surface area contributed by atoms with Gasteiger partial charge in [-0.3, -0.25) is 9.89 Å². The van der Waals surface area contributed by atoms with Crippen molar-refractivity contribution in [3.8, 4) is 17.2 Å². The Labute approximate surface area is 138 Å². The Morgan fingerprint density at radius 1 is 1.25 bits per heavy atom. The number of methoxy groups -OCH3 is 1. The molecule has 2 aromatic heterocycles. The van der Waals surface area contributed by atoms with Gasteiger partial charge in [0.1, 0.15) is 18.1 Å².